The van der Waals surface area contributed by atoms with Gasteiger partial charge in [-0.3, -0.25) is 9.59 Å². The molecule has 4 nitrogen and oxygen atoms in total. The maximum absolute atomic E-state index is 13.2. The van der Waals surface area contributed by atoms with E-state index in [-0.39, 0.29) is 17.7 Å². The van der Waals surface area contributed by atoms with Gasteiger partial charge in [-0.1, -0.05) is 56.5 Å². The van der Waals surface area contributed by atoms with E-state index in [0.717, 1.165) is 54.8 Å². The number of likely N-dealkylation sites (tertiary alicyclic amines) is 1. The highest BCUT2D eigenvalue weighted by Gasteiger charge is 2.30. The second kappa shape index (κ2) is 10.4. The Hall–Kier alpha value is -2.14. The first-order valence-corrected chi connectivity index (χ1v) is 11.3. The fraction of sp³-hybridized carbons (Fsp3) is 0.478. The van der Waals surface area contributed by atoms with E-state index < -0.39 is 0 Å². The molecular formula is C23H30N2O2S. The standard InChI is InChI=1S/C23H30N2O2S/c1-2-3-4-8-14-24-22(26)19-12-9-15-25(17-19)23(27)21-20(13-16-28-21)18-10-6-5-7-11-18/h5-7,10-11,13,16,19H,2-4,8-9,12,14-15,17H2,1H3,(H,24,26). The van der Waals surface area contributed by atoms with Crippen LogP contribution in [0.4, 0.5) is 0 Å². The number of carbonyl (C=O) groups is 2. The van der Waals surface area contributed by atoms with Crippen LogP contribution in [0.15, 0.2) is 41.8 Å². The van der Waals surface area contributed by atoms with Gasteiger partial charge < -0.3 is 10.2 Å². The van der Waals surface area contributed by atoms with Gasteiger partial charge in [0.25, 0.3) is 5.91 Å². The second-order valence-electron chi connectivity index (χ2n) is 7.47. The van der Waals surface area contributed by atoms with Gasteiger partial charge in [0.05, 0.1) is 10.8 Å². The summed E-state index contributed by atoms with van der Waals surface area (Å²) in [6, 6.07) is 12.0. The maximum atomic E-state index is 13.2. The van der Waals surface area contributed by atoms with Crippen LogP contribution < -0.4 is 5.32 Å². The molecule has 0 saturated carbocycles. The van der Waals surface area contributed by atoms with E-state index in [4.69, 9.17) is 0 Å². The molecule has 0 bridgehead atoms. The minimum Gasteiger partial charge on any atom is -0.356 e. The van der Waals surface area contributed by atoms with Crippen LogP contribution in [-0.2, 0) is 4.79 Å². The van der Waals surface area contributed by atoms with E-state index in [1.807, 2.05) is 46.7 Å². The van der Waals surface area contributed by atoms with E-state index in [1.54, 1.807) is 0 Å². The Kier molecular flexibility index (Phi) is 7.66. The molecule has 28 heavy (non-hydrogen) atoms. The number of hydrogen-bond donors (Lipinski definition) is 1. The number of carbonyl (C=O) groups excluding carboxylic acids is 2. The van der Waals surface area contributed by atoms with E-state index in [0.29, 0.717) is 6.54 Å². The zero-order valence-electron chi connectivity index (χ0n) is 16.7. The lowest BCUT2D eigenvalue weighted by Gasteiger charge is -2.32. The van der Waals surface area contributed by atoms with Gasteiger partial charge in [-0.15, -0.1) is 11.3 Å². The lowest BCUT2D eigenvalue weighted by atomic mass is 9.96. The SMILES string of the molecule is CCCCCCNC(=O)C1CCCN(C(=O)c2sccc2-c2ccccc2)C1. The summed E-state index contributed by atoms with van der Waals surface area (Å²) in [5, 5.41) is 5.04. The van der Waals surface area contributed by atoms with Crippen LogP contribution >= 0.6 is 11.3 Å². The van der Waals surface area contributed by atoms with Crippen LogP contribution in [-0.4, -0.2) is 36.3 Å². The fourth-order valence-electron chi connectivity index (χ4n) is 3.75. The zero-order valence-corrected chi connectivity index (χ0v) is 17.5. The topological polar surface area (TPSA) is 49.4 Å². The smallest absolute Gasteiger partial charge is 0.264 e. The fourth-order valence-corrected chi connectivity index (χ4v) is 4.63. The monoisotopic (exact) mass is 398 g/mol. The van der Waals surface area contributed by atoms with E-state index in [9.17, 15) is 9.59 Å². The van der Waals surface area contributed by atoms with Gasteiger partial charge >= 0.3 is 0 Å². The van der Waals surface area contributed by atoms with E-state index >= 15 is 0 Å². The molecule has 0 radical (unpaired) electrons. The Bertz CT molecular complexity index is 772. The average Bonchev–Trinajstić information content (AvgIpc) is 3.23. The van der Waals surface area contributed by atoms with E-state index in [1.165, 1.54) is 24.2 Å². The molecule has 150 valence electrons. The Labute approximate surface area is 172 Å². The van der Waals surface area contributed by atoms with Gasteiger partial charge in [0.15, 0.2) is 0 Å². The number of piperidine rings is 1. The number of nitrogens with zero attached hydrogens (tertiary/aromatic N) is 1. The first-order valence-electron chi connectivity index (χ1n) is 10.4. The van der Waals surface area contributed by atoms with Crippen LogP contribution in [0.3, 0.4) is 0 Å². The third-order valence-electron chi connectivity index (χ3n) is 5.35. The largest absolute Gasteiger partial charge is 0.356 e. The van der Waals surface area contributed by atoms with Crippen molar-refractivity contribution < 1.29 is 9.59 Å². The van der Waals surface area contributed by atoms with Crippen molar-refractivity contribution in [3.05, 3.63) is 46.7 Å². The summed E-state index contributed by atoms with van der Waals surface area (Å²) >= 11 is 1.49. The van der Waals surface area contributed by atoms with Gasteiger partial charge in [0.2, 0.25) is 5.91 Å². The van der Waals surface area contributed by atoms with Gasteiger partial charge in [-0.2, -0.15) is 0 Å². The molecule has 1 aromatic heterocycles. The Balaban J connectivity index is 1.59. The molecule has 1 unspecified atom stereocenters. The summed E-state index contributed by atoms with van der Waals surface area (Å²) in [4.78, 5) is 28.3. The van der Waals surface area contributed by atoms with Crippen LogP contribution in [0.2, 0.25) is 0 Å². The zero-order chi connectivity index (χ0) is 19.8. The molecule has 2 aromatic rings. The van der Waals surface area contributed by atoms with Crippen molar-refractivity contribution in [2.45, 2.75) is 45.4 Å². The van der Waals surface area contributed by atoms with Crippen LogP contribution in [0.1, 0.15) is 55.1 Å². The maximum Gasteiger partial charge on any atom is 0.264 e. The summed E-state index contributed by atoms with van der Waals surface area (Å²) in [5.74, 6) is 0.0572. The predicted molar refractivity (Wildman–Crippen MR) is 116 cm³/mol. The first-order chi connectivity index (χ1) is 13.7. The molecule has 1 N–H and O–H groups in total. The van der Waals surface area contributed by atoms with Crippen molar-refractivity contribution in [3.63, 3.8) is 0 Å². The Morgan fingerprint density at radius 2 is 1.96 bits per heavy atom. The lowest BCUT2D eigenvalue weighted by Crippen LogP contribution is -2.45. The minimum absolute atomic E-state index is 0.0503. The van der Waals surface area contributed by atoms with Gasteiger partial charge in [-0.05, 0) is 36.3 Å². The molecule has 1 aliphatic heterocycles. The van der Waals surface area contributed by atoms with Crippen LogP contribution in [0, 0.1) is 5.92 Å². The summed E-state index contributed by atoms with van der Waals surface area (Å²) in [7, 11) is 0. The summed E-state index contributed by atoms with van der Waals surface area (Å²) < 4.78 is 0. The first kappa shape index (κ1) is 20.6. The summed E-state index contributed by atoms with van der Waals surface area (Å²) in [5.41, 5.74) is 2.04. The van der Waals surface area contributed by atoms with Crippen molar-refractivity contribution in [2.24, 2.45) is 5.92 Å². The molecule has 1 atom stereocenters. The predicted octanol–water partition coefficient (Wildman–Crippen LogP) is 4.96. The summed E-state index contributed by atoms with van der Waals surface area (Å²) in [6.07, 6.45) is 6.34. The molecule has 2 heterocycles. The van der Waals surface area contributed by atoms with Crippen LogP contribution in [0.5, 0.6) is 0 Å². The molecule has 5 heteroatoms. The number of benzene rings is 1. The molecule has 2 amide bonds. The number of amides is 2. The molecule has 3 rings (SSSR count). The number of unbranched alkanes of at least 4 members (excludes halogenated alkanes) is 3. The molecular weight excluding hydrogens is 368 g/mol. The van der Waals surface area contributed by atoms with Crippen molar-refractivity contribution in [1.29, 1.82) is 0 Å². The highest BCUT2D eigenvalue weighted by molar-refractivity contribution is 7.12. The minimum atomic E-state index is -0.0935. The Morgan fingerprint density at radius 3 is 2.75 bits per heavy atom. The van der Waals surface area contributed by atoms with Crippen molar-refractivity contribution in [1.82, 2.24) is 10.2 Å². The highest BCUT2D eigenvalue weighted by Crippen LogP contribution is 2.30. The third kappa shape index (κ3) is 5.22. The van der Waals surface area contributed by atoms with Gasteiger partial charge in [0.1, 0.15) is 0 Å². The normalized spacial score (nSPS) is 16.8. The van der Waals surface area contributed by atoms with Crippen molar-refractivity contribution in [2.75, 3.05) is 19.6 Å². The second-order valence-corrected chi connectivity index (χ2v) is 8.39. The molecule has 1 fully saturated rings. The number of rotatable bonds is 8. The number of hydrogen-bond acceptors (Lipinski definition) is 3. The van der Waals surface area contributed by atoms with E-state index in [2.05, 4.69) is 12.2 Å². The highest BCUT2D eigenvalue weighted by atomic mass is 32.1. The molecule has 0 aliphatic carbocycles. The van der Waals surface area contributed by atoms with Gasteiger partial charge in [-0.25, -0.2) is 0 Å². The molecule has 1 aromatic carbocycles. The van der Waals surface area contributed by atoms with Gasteiger partial charge in [0, 0.05) is 25.2 Å². The van der Waals surface area contributed by atoms with Crippen LogP contribution in [0.25, 0.3) is 11.1 Å². The number of thiophene rings is 1. The summed E-state index contributed by atoms with van der Waals surface area (Å²) in [6.45, 7) is 4.17. The molecule has 1 aliphatic rings. The molecule has 0 spiro atoms. The van der Waals surface area contributed by atoms with Crippen molar-refractivity contribution >= 4 is 23.2 Å². The van der Waals surface area contributed by atoms with Crippen molar-refractivity contribution in [3.8, 4) is 11.1 Å². The average molecular weight is 399 g/mol. The number of nitrogens with one attached hydrogen (secondary N) is 1. The third-order valence-corrected chi connectivity index (χ3v) is 6.26. The Morgan fingerprint density at radius 1 is 1.14 bits per heavy atom. The quantitative estimate of drug-likeness (QED) is 0.639. The molecule has 1 saturated heterocycles. The lowest BCUT2D eigenvalue weighted by molar-refractivity contribution is -0.126.